The van der Waals surface area contributed by atoms with E-state index in [0.717, 1.165) is 12.8 Å². The van der Waals surface area contributed by atoms with Crippen LogP contribution in [0.15, 0.2) is 0 Å². The van der Waals surface area contributed by atoms with E-state index >= 15 is 0 Å². The standard InChI is InChI=1S/C10H18O4S/c1-10(9(11)12,8-4-5-8)6-3-7-15(2,13)14/h8H,3-7H2,1-2H3,(H,11,12). The topological polar surface area (TPSA) is 71.4 Å². The SMILES string of the molecule is CC(CCCS(C)(=O)=O)(C(=O)O)C1CC1. The van der Waals surface area contributed by atoms with Crippen molar-refractivity contribution in [3.05, 3.63) is 0 Å². The van der Waals surface area contributed by atoms with Crippen LogP contribution in [0.5, 0.6) is 0 Å². The molecule has 1 aliphatic rings. The highest BCUT2D eigenvalue weighted by Crippen LogP contribution is 2.48. The summed E-state index contributed by atoms with van der Waals surface area (Å²) in [5.74, 6) is -0.462. The molecule has 1 aliphatic carbocycles. The zero-order valence-corrected chi connectivity index (χ0v) is 10.0. The molecule has 0 radical (unpaired) electrons. The maximum atomic E-state index is 11.1. The van der Waals surface area contributed by atoms with E-state index in [9.17, 15) is 13.2 Å². The van der Waals surface area contributed by atoms with Gasteiger partial charge in [-0.2, -0.15) is 0 Å². The zero-order valence-electron chi connectivity index (χ0n) is 9.19. The van der Waals surface area contributed by atoms with Crippen molar-refractivity contribution in [1.82, 2.24) is 0 Å². The maximum Gasteiger partial charge on any atom is 0.309 e. The Bertz CT molecular complexity index is 342. The molecule has 1 rings (SSSR count). The zero-order chi connectivity index (χ0) is 11.7. The van der Waals surface area contributed by atoms with Crippen LogP contribution >= 0.6 is 0 Å². The number of carbonyl (C=O) groups is 1. The summed E-state index contributed by atoms with van der Waals surface area (Å²) in [6.45, 7) is 1.73. The lowest BCUT2D eigenvalue weighted by molar-refractivity contribution is -0.149. The molecule has 0 amide bonds. The van der Waals surface area contributed by atoms with E-state index in [2.05, 4.69) is 0 Å². The minimum Gasteiger partial charge on any atom is -0.481 e. The van der Waals surface area contributed by atoms with Crippen LogP contribution < -0.4 is 0 Å². The first-order valence-electron chi connectivity index (χ1n) is 5.17. The van der Waals surface area contributed by atoms with E-state index in [-0.39, 0.29) is 11.7 Å². The van der Waals surface area contributed by atoms with E-state index < -0.39 is 21.2 Å². The summed E-state index contributed by atoms with van der Waals surface area (Å²) in [5, 5.41) is 9.12. The lowest BCUT2D eigenvalue weighted by atomic mass is 9.81. The van der Waals surface area contributed by atoms with Gasteiger partial charge in [-0.3, -0.25) is 4.79 Å². The van der Waals surface area contributed by atoms with Crippen molar-refractivity contribution in [2.45, 2.75) is 32.6 Å². The second-order valence-electron chi connectivity index (χ2n) is 4.73. The van der Waals surface area contributed by atoms with Gasteiger partial charge in [0.25, 0.3) is 0 Å². The van der Waals surface area contributed by atoms with Crippen molar-refractivity contribution < 1.29 is 18.3 Å². The first-order chi connectivity index (χ1) is 6.76. The Labute approximate surface area is 90.6 Å². The van der Waals surface area contributed by atoms with Crippen molar-refractivity contribution in [1.29, 1.82) is 0 Å². The Morgan fingerprint density at radius 1 is 1.47 bits per heavy atom. The molecule has 1 unspecified atom stereocenters. The van der Waals surface area contributed by atoms with E-state index in [1.165, 1.54) is 6.26 Å². The average molecular weight is 234 g/mol. The predicted molar refractivity (Wildman–Crippen MR) is 57.4 cm³/mol. The third kappa shape index (κ3) is 3.48. The summed E-state index contributed by atoms with van der Waals surface area (Å²) >= 11 is 0. The average Bonchev–Trinajstić information content (AvgIpc) is 2.82. The lowest BCUT2D eigenvalue weighted by Crippen LogP contribution is -2.30. The number of rotatable bonds is 6. The molecule has 0 aromatic rings. The molecule has 5 heteroatoms. The van der Waals surface area contributed by atoms with Gasteiger partial charge in [-0.05, 0) is 38.5 Å². The fourth-order valence-electron chi connectivity index (χ4n) is 1.91. The molecule has 15 heavy (non-hydrogen) atoms. The molecule has 0 saturated heterocycles. The molecular weight excluding hydrogens is 216 g/mol. The van der Waals surface area contributed by atoms with Crippen LogP contribution in [0.3, 0.4) is 0 Å². The first kappa shape index (κ1) is 12.5. The van der Waals surface area contributed by atoms with Crippen molar-refractivity contribution >= 4 is 15.8 Å². The van der Waals surface area contributed by atoms with Gasteiger partial charge in [0.05, 0.1) is 5.41 Å². The third-order valence-corrected chi connectivity index (χ3v) is 4.21. The smallest absolute Gasteiger partial charge is 0.309 e. The number of hydrogen-bond donors (Lipinski definition) is 1. The van der Waals surface area contributed by atoms with Crippen molar-refractivity contribution in [3.8, 4) is 0 Å². The van der Waals surface area contributed by atoms with Gasteiger partial charge in [-0.25, -0.2) is 8.42 Å². The van der Waals surface area contributed by atoms with Gasteiger partial charge in [0, 0.05) is 12.0 Å². The van der Waals surface area contributed by atoms with Gasteiger partial charge in [-0.1, -0.05) is 0 Å². The molecule has 1 N–H and O–H groups in total. The minimum atomic E-state index is -2.97. The third-order valence-electron chi connectivity index (χ3n) is 3.18. The number of carboxylic acid groups (broad SMARTS) is 1. The highest BCUT2D eigenvalue weighted by molar-refractivity contribution is 7.90. The van der Waals surface area contributed by atoms with Crippen molar-refractivity contribution in [3.63, 3.8) is 0 Å². The number of carboxylic acids is 1. The highest BCUT2D eigenvalue weighted by Gasteiger charge is 2.46. The van der Waals surface area contributed by atoms with Gasteiger partial charge in [0.2, 0.25) is 0 Å². The van der Waals surface area contributed by atoms with E-state index in [1.54, 1.807) is 6.92 Å². The fourth-order valence-corrected chi connectivity index (χ4v) is 2.58. The molecule has 0 aromatic carbocycles. The molecule has 0 spiro atoms. The van der Waals surface area contributed by atoms with Crippen LogP contribution in [0.25, 0.3) is 0 Å². The maximum absolute atomic E-state index is 11.1. The summed E-state index contributed by atoms with van der Waals surface area (Å²) in [6.07, 6.45) is 4.00. The Morgan fingerprint density at radius 2 is 2.00 bits per heavy atom. The van der Waals surface area contributed by atoms with Crippen LogP contribution in [0.1, 0.15) is 32.6 Å². The fraction of sp³-hybridized carbons (Fsp3) is 0.900. The Hall–Kier alpha value is -0.580. The number of aliphatic carboxylic acids is 1. The second kappa shape index (κ2) is 4.12. The molecule has 0 heterocycles. The number of hydrogen-bond acceptors (Lipinski definition) is 3. The lowest BCUT2D eigenvalue weighted by Gasteiger charge is -2.24. The first-order valence-corrected chi connectivity index (χ1v) is 7.23. The van der Waals surface area contributed by atoms with Crippen molar-refractivity contribution in [2.24, 2.45) is 11.3 Å². The molecular formula is C10H18O4S. The minimum absolute atomic E-state index is 0.0859. The molecule has 0 aromatic heterocycles. The quantitative estimate of drug-likeness (QED) is 0.752. The molecule has 1 fully saturated rings. The highest BCUT2D eigenvalue weighted by atomic mass is 32.2. The van der Waals surface area contributed by atoms with Crippen LogP contribution in [-0.4, -0.2) is 31.5 Å². The van der Waals surface area contributed by atoms with E-state index in [4.69, 9.17) is 5.11 Å². The number of sulfone groups is 1. The van der Waals surface area contributed by atoms with Gasteiger partial charge in [0.15, 0.2) is 0 Å². The van der Waals surface area contributed by atoms with Gasteiger partial charge in [0.1, 0.15) is 9.84 Å². The monoisotopic (exact) mass is 234 g/mol. The molecule has 0 bridgehead atoms. The van der Waals surface area contributed by atoms with E-state index in [1.807, 2.05) is 0 Å². The summed E-state index contributed by atoms with van der Waals surface area (Å²) in [5.41, 5.74) is -0.718. The molecule has 1 saturated carbocycles. The summed E-state index contributed by atoms with van der Waals surface area (Å²) in [7, 11) is -2.97. The summed E-state index contributed by atoms with van der Waals surface area (Å²) in [6, 6.07) is 0. The molecule has 1 atom stereocenters. The van der Waals surface area contributed by atoms with Gasteiger partial charge in [-0.15, -0.1) is 0 Å². The van der Waals surface area contributed by atoms with Gasteiger partial charge >= 0.3 is 5.97 Å². The normalized spacial score (nSPS) is 20.9. The van der Waals surface area contributed by atoms with Crippen LogP contribution in [0.4, 0.5) is 0 Å². The van der Waals surface area contributed by atoms with Crippen LogP contribution in [-0.2, 0) is 14.6 Å². The van der Waals surface area contributed by atoms with Crippen LogP contribution in [0.2, 0.25) is 0 Å². The summed E-state index contributed by atoms with van der Waals surface area (Å²) in [4.78, 5) is 11.1. The second-order valence-corrected chi connectivity index (χ2v) is 6.99. The van der Waals surface area contributed by atoms with Gasteiger partial charge < -0.3 is 5.11 Å². The van der Waals surface area contributed by atoms with Crippen LogP contribution in [0, 0.1) is 11.3 Å². The Balaban J connectivity index is 2.50. The van der Waals surface area contributed by atoms with Crippen molar-refractivity contribution in [2.75, 3.05) is 12.0 Å². The largest absolute Gasteiger partial charge is 0.481 e. The molecule has 0 aliphatic heterocycles. The Morgan fingerprint density at radius 3 is 2.33 bits per heavy atom. The summed E-state index contributed by atoms with van der Waals surface area (Å²) < 4.78 is 21.9. The predicted octanol–water partition coefficient (Wildman–Crippen LogP) is 1.31. The molecule has 88 valence electrons. The molecule has 4 nitrogen and oxygen atoms in total. The Kier molecular flexibility index (Phi) is 3.43. The van der Waals surface area contributed by atoms with E-state index in [0.29, 0.717) is 12.8 Å².